The zero-order valence-electron chi connectivity index (χ0n) is 18.1. The number of hydrogen-bond donors (Lipinski definition) is 2. The average Bonchev–Trinajstić information content (AvgIpc) is 3.43. The molecule has 1 fully saturated rings. The van der Waals surface area contributed by atoms with Crippen molar-refractivity contribution in [3.8, 4) is 0 Å². The van der Waals surface area contributed by atoms with Crippen molar-refractivity contribution < 1.29 is 8.60 Å². The fourth-order valence-corrected chi connectivity index (χ4v) is 6.28. The van der Waals surface area contributed by atoms with Crippen molar-refractivity contribution in [3.63, 3.8) is 0 Å². The minimum absolute atomic E-state index is 0.312. The first-order chi connectivity index (χ1) is 16.2. The SMILES string of the molecule is [OH+]=S1CCc2nc(N3CCC(c4c[nH]c5ccccc45)CC3)nc(Nc3cccc(F)c3)c21. The van der Waals surface area contributed by atoms with Gasteiger partial charge in [-0.2, -0.15) is 4.98 Å². The van der Waals surface area contributed by atoms with Crippen LogP contribution >= 0.6 is 0 Å². The number of hydrogen-bond acceptors (Lipinski definition) is 4. The van der Waals surface area contributed by atoms with Gasteiger partial charge in [0.15, 0.2) is 10.7 Å². The number of aromatic nitrogens is 3. The highest BCUT2D eigenvalue weighted by molar-refractivity contribution is 7.85. The highest BCUT2D eigenvalue weighted by atomic mass is 32.2. The number of aryl methyl sites for hydroxylation is 1. The Balaban J connectivity index is 1.26. The molecule has 6 rings (SSSR count). The quantitative estimate of drug-likeness (QED) is 0.416. The normalized spacial score (nSPS) is 18.6. The Morgan fingerprint density at radius 1 is 1.09 bits per heavy atom. The molecule has 0 saturated carbocycles. The van der Waals surface area contributed by atoms with E-state index in [0.29, 0.717) is 29.1 Å². The maximum Gasteiger partial charge on any atom is 0.227 e. The molecular formula is C25H25FN5OS+. The summed E-state index contributed by atoms with van der Waals surface area (Å²) < 4.78 is 24.3. The Morgan fingerprint density at radius 2 is 1.94 bits per heavy atom. The van der Waals surface area contributed by atoms with E-state index in [2.05, 4.69) is 45.7 Å². The van der Waals surface area contributed by atoms with Crippen molar-refractivity contribution in [1.82, 2.24) is 15.0 Å². The number of benzene rings is 2. The van der Waals surface area contributed by atoms with Crippen LogP contribution in [0.3, 0.4) is 0 Å². The third kappa shape index (κ3) is 3.78. The van der Waals surface area contributed by atoms with Crippen LogP contribution < -0.4 is 10.2 Å². The summed E-state index contributed by atoms with van der Waals surface area (Å²) in [5.74, 6) is 2.12. The summed E-state index contributed by atoms with van der Waals surface area (Å²) in [6.45, 7) is 1.74. The molecule has 33 heavy (non-hydrogen) atoms. The molecule has 4 aromatic rings. The van der Waals surface area contributed by atoms with Crippen LogP contribution in [0.25, 0.3) is 10.9 Å². The molecule has 6 nitrogen and oxygen atoms in total. The van der Waals surface area contributed by atoms with Crippen molar-refractivity contribution in [2.75, 3.05) is 29.1 Å². The summed E-state index contributed by atoms with van der Waals surface area (Å²) in [6, 6.07) is 14.8. The maximum absolute atomic E-state index is 13.7. The first kappa shape index (κ1) is 20.4. The van der Waals surface area contributed by atoms with Crippen molar-refractivity contribution in [1.29, 1.82) is 0 Å². The molecule has 168 valence electrons. The summed E-state index contributed by atoms with van der Waals surface area (Å²) >= 11 is 0. The van der Waals surface area contributed by atoms with Crippen LogP contribution in [-0.2, 0) is 17.2 Å². The van der Waals surface area contributed by atoms with Crippen LogP contribution in [0.1, 0.15) is 30.0 Å². The highest BCUT2D eigenvalue weighted by Gasteiger charge is 2.32. The molecule has 0 aliphatic carbocycles. The second-order valence-electron chi connectivity index (χ2n) is 8.65. The van der Waals surface area contributed by atoms with Gasteiger partial charge in [-0.05, 0) is 48.6 Å². The molecule has 1 unspecified atom stereocenters. The Hall–Kier alpha value is -3.26. The topological polar surface area (TPSA) is 78.2 Å². The summed E-state index contributed by atoms with van der Waals surface area (Å²) in [5.41, 5.74) is 4.08. The largest absolute Gasteiger partial charge is 0.361 e. The maximum atomic E-state index is 13.7. The van der Waals surface area contributed by atoms with Gasteiger partial charge in [0.1, 0.15) is 5.82 Å². The van der Waals surface area contributed by atoms with Crippen molar-refractivity contribution in [2.24, 2.45) is 0 Å². The number of nitrogens with one attached hydrogen (secondary N) is 2. The van der Waals surface area contributed by atoms with E-state index in [0.717, 1.165) is 42.9 Å². The molecule has 2 aliphatic heterocycles. The van der Waals surface area contributed by atoms with E-state index >= 15 is 0 Å². The number of piperidine rings is 1. The fraction of sp³-hybridized carbons (Fsp3) is 0.280. The van der Waals surface area contributed by atoms with Crippen molar-refractivity contribution >= 4 is 39.2 Å². The lowest BCUT2D eigenvalue weighted by molar-refractivity contribution is 0.501. The molecular weight excluding hydrogens is 437 g/mol. The monoisotopic (exact) mass is 462 g/mol. The van der Waals surface area contributed by atoms with Gasteiger partial charge in [-0.15, -0.1) is 0 Å². The van der Waals surface area contributed by atoms with Crippen LogP contribution in [0, 0.1) is 5.82 Å². The van der Waals surface area contributed by atoms with Gasteiger partial charge in [-0.3, -0.25) is 0 Å². The number of H-pyrrole nitrogens is 1. The molecule has 0 radical (unpaired) electrons. The van der Waals surface area contributed by atoms with E-state index in [4.69, 9.17) is 9.97 Å². The van der Waals surface area contributed by atoms with Gasteiger partial charge in [0, 0.05) is 42.3 Å². The van der Waals surface area contributed by atoms with Gasteiger partial charge in [0.25, 0.3) is 0 Å². The minimum atomic E-state index is -0.894. The van der Waals surface area contributed by atoms with Gasteiger partial charge in [-0.1, -0.05) is 24.3 Å². The van der Waals surface area contributed by atoms with Crippen LogP contribution in [0.15, 0.2) is 59.6 Å². The molecule has 3 N–H and O–H groups in total. The number of fused-ring (bicyclic) bond motifs is 2. The zero-order valence-corrected chi connectivity index (χ0v) is 18.9. The van der Waals surface area contributed by atoms with E-state index in [1.54, 1.807) is 12.1 Å². The van der Waals surface area contributed by atoms with Crippen LogP contribution in [0.5, 0.6) is 0 Å². The van der Waals surface area contributed by atoms with Crippen LogP contribution in [0.2, 0.25) is 0 Å². The fourth-order valence-electron chi connectivity index (χ4n) is 4.95. The molecule has 2 aromatic carbocycles. The molecule has 0 bridgehead atoms. The number of nitrogens with zero attached hydrogens (tertiary/aromatic N) is 3. The molecule has 8 heteroatoms. The predicted octanol–water partition coefficient (Wildman–Crippen LogP) is 5.05. The second-order valence-corrected chi connectivity index (χ2v) is 10.2. The average molecular weight is 463 g/mol. The van der Waals surface area contributed by atoms with Gasteiger partial charge in [0.05, 0.1) is 11.4 Å². The summed E-state index contributed by atoms with van der Waals surface area (Å²) in [4.78, 5) is 16.0. The molecule has 2 aromatic heterocycles. The zero-order chi connectivity index (χ0) is 22.4. The third-order valence-corrected chi connectivity index (χ3v) is 8.11. The molecule has 0 spiro atoms. The summed E-state index contributed by atoms with van der Waals surface area (Å²) in [7, 11) is -0.894. The Morgan fingerprint density at radius 3 is 2.79 bits per heavy atom. The van der Waals surface area contributed by atoms with Gasteiger partial charge >= 0.3 is 0 Å². The summed E-state index contributed by atoms with van der Waals surface area (Å²) in [5, 5.41) is 4.54. The van der Waals surface area contributed by atoms with Gasteiger partial charge in [0.2, 0.25) is 16.7 Å². The lowest BCUT2D eigenvalue weighted by Gasteiger charge is -2.32. The Kier molecular flexibility index (Phi) is 5.10. The number of rotatable bonds is 4. The smallest absolute Gasteiger partial charge is 0.227 e. The predicted molar refractivity (Wildman–Crippen MR) is 130 cm³/mol. The second kappa shape index (κ2) is 8.26. The van der Waals surface area contributed by atoms with Crippen molar-refractivity contribution in [3.05, 3.63) is 71.8 Å². The molecule has 0 amide bonds. The molecule has 1 atom stereocenters. The van der Waals surface area contributed by atoms with E-state index in [-0.39, 0.29) is 5.82 Å². The first-order valence-electron chi connectivity index (χ1n) is 11.3. The first-order valence-corrected chi connectivity index (χ1v) is 12.7. The van der Waals surface area contributed by atoms with Crippen molar-refractivity contribution in [2.45, 2.75) is 30.1 Å². The highest BCUT2D eigenvalue weighted by Crippen LogP contribution is 2.36. The van der Waals surface area contributed by atoms with E-state index in [9.17, 15) is 8.60 Å². The Bertz CT molecular complexity index is 1360. The number of halogens is 1. The lowest BCUT2D eigenvalue weighted by Crippen LogP contribution is -2.34. The lowest BCUT2D eigenvalue weighted by atomic mass is 9.89. The van der Waals surface area contributed by atoms with E-state index in [1.165, 1.54) is 28.6 Å². The molecule has 4 heterocycles. The number of anilines is 3. The van der Waals surface area contributed by atoms with Gasteiger partial charge < -0.3 is 15.2 Å². The van der Waals surface area contributed by atoms with Crippen LogP contribution in [-0.4, -0.2) is 38.0 Å². The third-order valence-electron chi connectivity index (χ3n) is 6.62. The number of aromatic amines is 1. The van der Waals surface area contributed by atoms with E-state index < -0.39 is 10.8 Å². The Labute approximate surface area is 193 Å². The van der Waals surface area contributed by atoms with Crippen LogP contribution in [0.4, 0.5) is 21.8 Å². The number of para-hydroxylation sites is 1. The van der Waals surface area contributed by atoms with E-state index in [1.807, 2.05) is 0 Å². The standard InChI is InChI=1S/C25H24FN5OS/c26-17-4-3-5-18(14-17)28-24-23-22(10-13-33(23)32)29-25(30-24)31-11-8-16(9-12-31)20-15-27-21-7-2-1-6-19(20)21/h1-7,14-16,27H,8-13H2,(H,28,29,30)/p+1. The summed E-state index contributed by atoms with van der Waals surface area (Å²) in [6.07, 6.45) is 4.94. The van der Waals surface area contributed by atoms with Gasteiger partial charge in [-0.25, -0.2) is 13.6 Å². The minimum Gasteiger partial charge on any atom is -0.361 e. The molecule has 2 aliphatic rings. The molecule has 1 saturated heterocycles.